The number of carbonyl (C=O) groups is 3. The molecule has 4 N–H and O–H groups in total. The number of amides is 2. The lowest BCUT2D eigenvalue weighted by molar-refractivity contribution is -0.143. The largest absolute Gasteiger partial charge is 0.480 e. The molecular formula is C13H22N2O4. The van der Waals surface area contributed by atoms with Gasteiger partial charge in [-0.15, -0.1) is 0 Å². The summed E-state index contributed by atoms with van der Waals surface area (Å²) in [4.78, 5) is 33.7. The first kappa shape index (κ1) is 15.5. The van der Waals surface area contributed by atoms with Crippen LogP contribution in [0, 0.1) is 11.8 Å². The minimum atomic E-state index is -1.13. The topological polar surface area (TPSA) is 109 Å². The van der Waals surface area contributed by atoms with Crippen molar-refractivity contribution in [2.45, 2.75) is 51.5 Å². The van der Waals surface area contributed by atoms with E-state index in [4.69, 9.17) is 10.8 Å². The van der Waals surface area contributed by atoms with Gasteiger partial charge in [-0.2, -0.15) is 0 Å². The van der Waals surface area contributed by atoms with Crippen molar-refractivity contribution in [3.8, 4) is 0 Å². The summed E-state index contributed by atoms with van der Waals surface area (Å²) >= 11 is 0. The van der Waals surface area contributed by atoms with Crippen molar-refractivity contribution in [1.29, 1.82) is 0 Å². The first-order valence-corrected chi connectivity index (χ1v) is 6.71. The van der Waals surface area contributed by atoms with Crippen molar-refractivity contribution < 1.29 is 19.5 Å². The third kappa shape index (κ3) is 5.28. The fraction of sp³-hybridized carbons (Fsp3) is 0.769. The highest BCUT2D eigenvalue weighted by Gasteiger charge is 2.28. The van der Waals surface area contributed by atoms with Crippen LogP contribution in [-0.2, 0) is 14.4 Å². The van der Waals surface area contributed by atoms with Crippen LogP contribution in [0.2, 0.25) is 0 Å². The van der Waals surface area contributed by atoms with Gasteiger partial charge in [-0.1, -0.05) is 6.92 Å². The van der Waals surface area contributed by atoms with Gasteiger partial charge in [-0.05, 0) is 38.0 Å². The molecule has 108 valence electrons. The van der Waals surface area contributed by atoms with Gasteiger partial charge in [0.05, 0.1) is 0 Å². The van der Waals surface area contributed by atoms with Crippen molar-refractivity contribution >= 4 is 17.8 Å². The van der Waals surface area contributed by atoms with Gasteiger partial charge in [0.15, 0.2) is 0 Å². The Morgan fingerprint density at radius 3 is 2.32 bits per heavy atom. The van der Waals surface area contributed by atoms with Gasteiger partial charge >= 0.3 is 5.97 Å². The quantitative estimate of drug-likeness (QED) is 0.658. The number of rotatable bonds is 6. The Balaban J connectivity index is 2.46. The Bertz CT molecular complexity index is 349. The summed E-state index contributed by atoms with van der Waals surface area (Å²) in [5, 5.41) is 11.5. The summed E-state index contributed by atoms with van der Waals surface area (Å²) in [6.45, 7) is 2.15. The van der Waals surface area contributed by atoms with E-state index in [0.29, 0.717) is 5.92 Å². The molecule has 0 aromatic rings. The second kappa shape index (κ2) is 7.11. The van der Waals surface area contributed by atoms with Gasteiger partial charge in [0.2, 0.25) is 11.8 Å². The average molecular weight is 270 g/mol. The van der Waals surface area contributed by atoms with Crippen molar-refractivity contribution in [3.05, 3.63) is 0 Å². The predicted molar refractivity (Wildman–Crippen MR) is 69.1 cm³/mol. The Hall–Kier alpha value is -1.59. The smallest absolute Gasteiger partial charge is 0.326 e. The van der Waals surface area contributed by atoms with Crippen LogP contribution < -0.4 is 11.1 Å². The molecule has 1 aliphatic carbocycles. The van der Waals surface area contributed by atoms with Crippen molar-refractivity contribution in [1.82, 2.24) is 5.32 Å². The van der Waals surface area contributed by atoms with E-state index in [-0.39, 0.29) is 24.7 Å². The molecule has 6 heteroatoms. The van der Waals surface area contributed by atoms with Crippen LogP contribution in [0.5, 0.6) is 0 Å². The second-order valence-corrected chi connectivity index (χ2v) is 5.36. The average Bonchev–Trinajstić information content (AvgIpc) is 2.34. The highest BCUT2D eigenvalue weighted by Crippen LogP contribution is 2.28. The van der Waals surface area contributed by atoms with Crippen LogP contribution in [0.1, 0.15) is 45.4 Å². The Kier molecular flexibility index (Phi) is 5.79. The lowest BCUT2D eigenvalue weighted by Gasteiger charge is -2.26. The molecule has 1 atom stereocenters. The third-order valence-corrected chi connectivity index (χ3v) is 3.68. The lowest BCUT2D eigenvalue weighted by Crippen LogP contribution is -2.44. The monoisotopic (exact) mass is 270 g/mol. The minimum Gasteiger partial charge on any atom is -0.480 e. The van der Waals surface area contributed by atoms with Gasteiger partial charge < -0.3 is 16.2 Å². The first-order valence-electron chi connectivity index (χ1n) is 6.71. The van der Waals surface area contributed by atoms with Gasteiger partial charge in [0.25, 0.3) is 0 Å². The van der Waals surface area contributed by atoms with Crippen LogP contribution in [0.4, 0.5) is 0 Å². The molecule has 1 saturated carbocycles. The number of aliphatic carboxylic acids is 1. The predicted octanol–water partition coefficient (Wildman–Crippen LogP) is 0.648. The van der Waals surface area contributed by atoms with Crippen LogP contribution in [0.3, 0.4) is 0 Å². The number of primary amides is 1. The molecule has 0 heterocycles. The molecule has 0 aromatic heterocycles. The van der Waals surface area contributed by atoms with E-state index < -0.39 is 17.9 Å². The molecule has 0 aliphatic heterocycles. The molecule has 2 amide bonds. The summed E-state index contributed by atoms with van der Waals surface area (Å²) in [7, 11) is 0. The van der Waals surface area contributed by atoms with E-state index in [9.17, 15) is 14.4 Å². The molecule has 0 unspecified atom stereocenters. The summed E-state index contributed by atoms with van der Waals surface area (Å²) < 4.78 is 0. The summed E-state index contributed by atoms with van der Waals surface area (Å²) in [6, 6.07) is -1.03. The second-order valence-electron chi connectivity index (χ2n) is 5.36. The maximum Gasteiger partial charge on any atom is 0.326 e. The maximum atomic E-state index is 12.0. The summed E-state index contributed by atoms with van der Waals surface area (Å²) in [6.07, 6.45) is 3.59. The minimum absolute atomic E-state index is 0.0412. The first-order chi connectivity index (χ1) is 8.90. The fourth-order valence-corrected chi connectivity index (χ4v) is 2.36. The number of nitrogens with two attached hydrogens (primary N) is 1. The van der Waals surface area contributed by atoms with Gasteiger partial charge in [-0.3, -0.25) is 9.59 Å². The molecule has 1 rings (SSSR count). The zero-order valence-corrected chi connectivity index (χ0v) is 11.2. The van der Waals surface area contributed by atoms with Crippen LogP contribution in [-0.4, -0.2) is 28.9 Å². The molecular weight excluding hydrogens is 248 g/mol. The van der Waals surface area contributed by atoms with Crippen LogP contribution >= 0.6 is 0 Å². The van der Waals surface area contributed by atoms with E-state index >= 15 is 0 Å². The van der Waals surface area contributed by atoms with E-state index in [1.54, 1.807) is 0 Å². The molecule has 0 aromatic carbocycles. The van der Waals surface area contributed by atoms with Gasteiger partial charge in [0, 0.05) is 12.3 Å². The van der Waals surface area contributed by atoms with Crippen LogP contribution in [0.25, 0.3) is 0 Å². The number of carboxylic acids is 1. The zero-order chi connectivity index (χ0) is 14.4. The molecule has 0 spiro atoms. The van der Waals surface area contributed by atoms with Gasteiger partial charge in [0.1, 0.15) is 6.04 Å². The normalized spacial score (nSPS) is 24.5. The van der Waals surface area contributed by atoms with E-state index in [2.05, 4.69) is 12.2 Å². The molecule has 0 radical (unpaired) electrons. The summed E-state index contributed by atoms with van der Waals surface area (Å²) in [5.41, 5.74) is 4.99. The lowest BCUT2D eigenvalue weighted by atomic mass is 9.82. The van der Waals surface area contributed by atoms with Gasteiger partial charge in [-0.25, -0.2) is 4.79 Å². The fourth-order valence-electron chi connectivity index (χ4n) is 2.36. The molecule has 1 fully saturated rings. The van der Waals surface area contributed by atoms with Crippen molar-refractivity contribution in [3.63, 3.8) is 0 Å². The zero-order valence-electron chi connectivity index (χ0n) is 11.2. The summed E-state index contributed by atoms with van der Waals surface area (Å²) in [5.74, 6) is -1.38. The number of carboxylic acid groups (broad SMARTS) is 1. The molecule has 1 aliphatic rings. The number of hydrogen-bond acceptors (Lipinski definition) is 3. The van der Waals surface area contributed by atoms with E-state index in [0.717, 1.165) is 25.7 Å². The maximum absolute atomic E-state index is 12.0. The van der Waals surface area contributed by atoms with Crippen molar-refractivity contribution in [2.75, 3.05) is 0 Å². The third-order valence-electron chi connectivity index (χ3n) is 3.68. The van der Waals surface area contributed by atoms with E-state index in [1.165, 1.54) is 0 Å². The number of nitrogens with one attached hydrogen (secondary N) is 1. The highest BCUT2D eigenvalue weighted by molar-refractivity contribution is 5.85. The standard InChI is InChI=1S/C13H22N2O4/c1-8-2-4-9(5-3-8)12(17)15-10(13(18)19)6-7-11(14)16/h8-10H,2-7H2,1H3,(H2,14,16)(H,15,17)(H,18,19)/t8?,9?,10-/m0/s1. The number of hydrogen-bond donors (Lipinski definition) is 3. The molecule has 19 heavy (non-hydrogen) atoms. The Morgan fingerprint density at radius 2 is 1.84 bits per heavy atom. The SMILES string of the molecule is CC1CCC(C(=O)N[C@@H](CCC(N)=O)C(=O)O)CC1. The Morgan fingerprint density at radius 1 is 1.26 bits per heavy atom. The molecule has 0 bridgehead atoms. The number of carbonyl (C=O) groups excluding carboxylic acids is 2. The van der Waals surface area contributed by atoms with Crippen molar-refractivity contribution in [2.24, 2.45) is 17.6 Å². The molecule has 6 nitrogen and oxygen atoms in total. The van der Waals surface area contributed by atoms with E-state index in [1.807, 2.05) is 0 Å². The molecule has 0 saturated heterocycles. The Labute approximate surface area is 112 Å². The van der Waals surface area contributed by atoms with Crippen LogP contribution in [0.15, 0.2) is 0 Å². The highest BCUT2D eigenvalue weighted by atomic mass is 16.4.